The third-order valence-electron chi connectivity index (χ3n) is 4.89. The minimum absolute atomic E-state index is 0.140. The van der Waals surface area contributed by atoms with Gasteiger partial charge in [-0.25, -0.2) is 0 Å². The quantitative estimate of drug-likeness (QED) is 0.583. The Morgan fingerprint density at radius 3 is 2.46 bits per heavy atom. The van der Waals surface area contributed by atoms with E-state index in [0.29, 0.717) is 0 Å². The Hall–Kier alpha value is -3.02. The second-order valence-corrected chi connectivity index (χ2v) is 7.05. The van der Waals surface area contributed by atoms with Crippen LogP contribution in [-0.4, -0.2) is 38.9 Å². The van der Waals surface area contributed by atoms with Crippen molar-refractivity contribution in [1.29, 1.82) is 0 Å². The molecule has 1 saturated heterocycles. The molecule has 0 aromatic heterocycles. The van der Waals surface area contributed by atoms with Crippen LogP contribution in [0.15, 0.2) is 53.7 Å². The first-order valence-corrected chi connectivity index (χ1v) is 9.58. The fourth-order valence-electron chi connectivity index (χ4n) is 3.10. The van der Waals surface area contributed by atoms with E-state index in [0.717, 1.165) is 36.0 Å². The predicted octanol–water partition coefficient (Wildman–Crippen LogP) is 3.92. The number of carbonyl (C=O) groups is 1. The van der Waals surface area contributed by atoms with E-state index in [9.17, 15) is 4.79 Å². The van der Waals surface area contributed by atoms with Gasteiger partial charge < -0.3 is 19.8 Å². The first kappa shape index (κ1) is 19.7. The van der Waals surface area contributed by atoms with E-state index in [-0.39, 0.29) is 12.5 Å². The van der Waals surface area contributed by atoms with E-state index in [2.05, 4.69) is 22.3 Å². The number of benzene rings is 2. The van der Waals surface area contributed by atoms with Gasteiger partial charge in [0.15, 0.2) is 6.61 Å². The SMILES string of the molecule is COc1ccc(/C=N\OCC(=O)Nc2ccc(N3CCC(C)CC3)cc2)cc1. The summed E-state index contributed by atoms with van der Waals surface area (Å²) in [5.41, 5.74) is 2.82. The number of oxime groups is 1. The maximum Gasteiger partial charge on any atom is 0.265 e. The Kier molecular flexibility index (Phi) is 6.89. The normalized spacial score (nSPS) is 14.9. The van der Waals surface area contributed by atoms with Gasteiger partial charge in [0.25, 0.3) is 5.91 Å². The van der Waals surface area contributed by atoms with Gasteiger partial charge in [0.1, 0.15) is 5.75 Å². The van der Waals surface area contributed by atoms with E-state index in [1.165, 1.54) is 18.5 Å². The molecule has 6 heteroatoms. The van der Waals surface area contributed by atoms with Gasteiger partial charge in [-0.3, -0.25) is 4.79 Å². The minimum Gasteiger partial charge on any atom is -0.497 e. The molecule has 2 aromatic rings. The van der Waals surface area contributed by atoms with Crippen LogP contribution >= 0.6 is 0 Å². The topological polar surface area (TPSA) is 63.2 Å². The zero-order chi connectivity index (χ0) is 19.8. The average molecular weight is 381 g/mol. The molecule has 148 valence electrons. The van der Waals surface area contributed by atoms with Gasteiger partial charge in [0, 0.05) is 24.5 Å². The van der Waals surface area contributed by atoms with E-state index < -0.39 is 0 Å². The van der Waals surface area contributed by atoms with Gasteiger partial charge in [0.2, 0.25) is 0 Å². The van der Waals surface area contributed by atoms with Crippen LogP contribution in [-0.2, 0) is 9.63 Å². The molecule has 1 aliphatic rings. The summed E-state index contributed by atoms with van der Waals surface area (Å²) in [4.78, 5) is 19.5. The lowest BCUT2D eigenvalue weighted by Gasteiger charge is -2.32. The molecule has 0 saturated carbocycles. The molecule has 1 amide bonds. The molecule has 0 unspecified atom stereocenters. The van der Waals surface area contributed by atoms with E-state index in [1.54, 1.807) is 13.3 Å². The van der Waals surface area contributed by atoms with Crippen LogP contribution in [0.4, 0.5) is 11.4 Å². The monoisotopic (exact) mass is 381 g/mol. The molecule has 6 nitrogen and oxygen atoms in total. The summed E-state index contributed by atoms with van der Waals surface area (Å²) in [5.74, 6) is 1.34. The fraction of sp³-hybridized carbons (Fsp3) is 0.364. The number of nitrogens with zero attached hydrogens (tertiary/aromatic N) is 2. The maximum atomic E-state index is 12.0. The van der Waals surface area contributed by atoms with Gasteiger partial charge in [-0.1, -0.05) is 12.1 Å². The first-order chi connectivity index (χ1) is 13.6. The highest BCUT2D eigenvalue weighted by Gasteiger charge is 2.15. The average Bonchev–Trinajstić information content (AvgIpc) is 2.73. The second kappa shape index (κ2) is 9.78. The lowest BCUT2D eigenvalue weighted by atomic mass is 9.99. The van der Waals surface area contributed by atoms with Gasteiger partial charge in [-0.2, -0.15) is 0 Å². The third-order valence-corrected chi connectivity index (χ3v) is 4.89. The zero-order valence-corrected chi connectivity index (χ0v) is 16.4. The summed E-state index contributed by atoms with van der Waals surface area (Å²) in [7, 11) is 1.62. The molecule has 0 aliphatic carbocycles. The van der Waals surface area contributed by atoms with Crippen molar-refractivity contribution < 1.29 is 14.4 Å². The zero-order valence-electron chi connectivity index (χ0n) is 16.4. The standard InChI is InChI=1S/C22H27N3O3/c1-17-11-13-25(14-12-17)20-7-5-19(6-8-20)24-22(26)16-28-23-15-18-3-9-21(27-2)10-4-18/h3-10,15,17H,11-14,16H2,1-2H3,(H,24,26)/b23-15-. The smallest absolute Gasteiger partial charge is 0.265 e. The van der Waals surface area contributed by atoms with Crippen molar-refractivity contribution in [3.8, 4) is 5.75 Å². The predicted molar refractivity (Wildman–Crippen MR) is 112 cm³/mol. The van der Waals surface area contributed by atoms with Crippen molar-refractivity contribution in [3.05, 3.63) is 54.1 Å². The van der Waals surface area contributed by atoms with Crippen molar-refractivity contribution in [1.82, 2.24) is 0 Å². The summed E-state index contributed by atoms with van der Waals surface area (Å²) in [6.07, 6.45) is 4.01. The first-order valence-electron chi connectivity index (χ1n) is 9.58. The molecule has 0 radical (unpaired) electrons. The van der Waals surface area contributed by atoms with Crippen molar-refractivity contribution >= 4 is 23.5 Å². The van der Waals surface area contributed by atoms with Crippen molar-refractivity contribution in [2.45, 2.75) is 19.8 Å². The summed E-state index contributed by atoms with van der Waals surface area (Å²) >= 11 is 0. The molecule has 1 N–H and O–H groups in total. The van der Waals surface area contributed by atoms with Gasteiger partial charge in [0.05, 0.1) is 13.3 Å². The number of ether oxygens (including phenoxy) is 1. The van der Waals surface area contributed by atoms with Crippen LogP contribution in [0.1, 0.15) is 25.3 Å². The van der Waals surface area contributed by atoms with Crippen molar-refractivity contribution in [3.63, 3.8) is 0 Å². The Morgan fingerprint density at radius 2 is 1.82 bits per heavy atom. The van der Waals surface area contributed by atoms with Gasteiger partial charge >= 0.3 is 0 Å². The number of carbonyl (C=O) groups excluding carboxylic acids is 1. The molecule has 1 aliphatic heterocycles. The van der Waals surface area contributed by atoms with Crippen LogP contribution in [0.3, 0.4) is 0 Å². The van der Waals surface area contributed by atoms with Gasteiger partial charge in [-0.15, -0.1) is 0 Å². The van der Waals surface area contributed by atoms with E-state index >= 15 is 0 Å². The summed E-state index contributed by atoms with van der Waals surface area (Å²) in [5, 5.41) is 6.65. The second-order valence-electron chi connectivity index (χ2n) is 7.05. The van der Waals surface area contributed by atoms with Gasteiger partial charge in [-0.05, 0) is 72.9 Å². The number of anilines is 2. The Bertz CT molecular complexity index is 780. The number of methoxy groups -OCH3 is 1. The highest BCUT2D eigenvalue weighted by Crippen LogP contribution is 2.24. The molecule has 0 spiro atoms. The van der Waals surface area contributed by atoms with Crippen LogP contribution < -0.4 is 15.0 Å². The number of rotatable bonds is 7. The number of hydrogen-bond acceptors (Lipinski definition) is 5. The van der Waals surface area contributed by atoms with Crippen LogP contribution in [0.5, 0.6) is 5.75 Å². The molecule has 28 heavy (non-hydrogen) atoms. The molecule has 2 aromatic carbocycles. The fourth-order valence-corrected chi connectivity index (χ4v) is 3.10. The molecule has 1 heterocycles. The summed E-state index contributed by atoms with van der Waals surface area (Å²) in [6, 6.07) is 15.3. The molecule has 3 rings (SSSR count). The molecular formula is C22H27N3O3. The van der Waals surface area contributed by atoms with Crippen LogP contribution in [0.25, 0.3) is 0 Å². The number of piperidine rings is 1. The largest absolute Gasteiger partial charge is 0.497 e. The molecular weight excluding hydrogens is 354 g/mol. The lowest BCUT2D eigenvalue weighted by Crippen LogP contribution is -2.32. The Balaban J connectivity index is 1.42. The van der Waals surface area contributed by atoms with Crippen molar-refractivity contribution in [2.75, 3.05) is 37.0 Å². The third kappa shape index (κ3) is 5.74. The van der Waals surface area contributed by atoms with Crippen LogP contribution in [0.2, 0.25) is 0 Å². The number of amides is 1. The Labute approximate surface area is 166 Å². The molecule has 0 atom stereocenters. The van der Waals surface area contributed by atoms with E-state index in [4.69, 9.17) is 9.57 Å². The number of nitrogens with one attached hydrogen (secondary N) is 1. The summed E-state index contributed by atoms with van der Waals surface area (Å²) < 4.78 is 5.10. The number of hydrogen-bond donors (Lipinski definition) is 1. The maximum absolute atomic E-state index is 12.0. The highest BCUT2D eigenvalue weighted by atomic mass is 16.6. The van der Waals surface area contributed by atoms with E-state index in [1.807, 2.05) is 48.5 Å². The van der Waals surface area contributed by atoms with Crippen molar-refractivity contribution in [2.24, 2.45) is 11.1 Å². The summed E-state index contributed by atoms with van der Waals surface area (Å²) in [6.45, 7) is 4.34. The highest BCUT2D eigenvalue weighted by molar-refractivity contribution is 5.92. The van der Waals surface area contributed by atoms with Crippen LogP contribution in [0, 0.1) is 5.92 Å². The molecule has 1 fully saturated rings. The minimum atomic E-state index is -0.244. The molecule has 0 bridgehead atoms. The lowest BCUT2D eigenvalue weighted by molar-refractivity contribution is -0.120. The Morgan fingerprint density at radius 1 is 1.14 bits per heavy atom.